The van der Waals surface area contributed by atoms with Gasteiger partial charge in [0.2, 0.25) is 0 Å². The lowest BCUT2D eigenvalue weighted by molar-refractivity contribution is 0.0299. The van der Waals surface area contributed by atoms with Crippen molar-refractivity contribution in [2.75, 3.05) is 13.1 Å². The molecule has 2 atom stereocenters. The molecule has 3 rings (SSSR count). The Morgan fingerprint density at radius 1 is 1.38 bits per heavy atom. The first kappa shape index (κ1) is 12.7. The summed E-state index contributed by atoms with van der Waals surface area (Å²) in [6.45, 7) is 2.59. The van der Waals surface area contributed by atoms with Crippen LogP contribution in [0.3, 0.4) is 0 Å². The summed E-state index contributed by atoms with van der Waals surface area (Å²) < 4.78 is 6.75. The summed E-state index contributed by atoms with van der Waals surface area (Å²) in [6, 6.07) is 4.19. The predicted octanol–water partition coefficient (Wildman–Crippen LogP) is 3.11. The number of ether oxygens (including phenoxy) is 1. The molecule has 2 nitrogen and oxygen atoms in total. The third-order valence-corrected chi connectivity index (χ3v) is 4.55. The van der Waals surface area contributed by atoms with E-state index in [2.05, 4.69) is 27.3 Å². The molecule has 2 heterocycles. The maximum atomic E-state index is 6.25. The lowest BCUT2D eigenvalue weighted by Gasteiger charge is -2.28. The average Bonchev–Trinajstić information content (AvgIpc) is 2.71. The first-order valence-corrected chi connectivity index (χ1v) is 6.23. The van der Waals surface area contributed by atoms with Crippen molar-refractivity contribution < 1.29 is 4.74 Å². The Morgan fingerprint density at radius 3 is 3.00 bits per heavy atom. The zero-order valence-corrected chi connectivity index (χ0v) is 11.7. The maximum Gasteiger partial charge on any atom is 0.0784 e. The van der Waals surface area contributed by atoms with Crippen LogP contribution >= 0.6 is 39.9 Å². The van der Waals surface area contributed by atoms with Gasteiger partial charge in [0.1, 0.15) is 0 Å². The van der Waals surface area contributed by atoms with Crippen molar-refractivity contribution in [3.8, 4) is 0 Å². The predicted molar refractivity (Wildman–Crippen MR) is 70.6 cm³/mol. The molecule has 1 saturated heterocycles. The Hall–Kier alpha value is 0.200. The molecule has 16 heavy (non-hydrogen) atoms. The Labute approximate surface area is 114 Å². The first-order valence-electron chi connectivity index (χ1n) is 5.06. The third kappa shape index (κ3) is 1.89. The summed E-state index contributed by atoms with van der Waals surface area (Å²) in [4.78, 5) is 0. The van der Waals surface area contributed by atoms with Crippen LogP contribution in [0.1, 0.15) is 17.0 Å². The van der Waals surface area contributed by atoms with E-state index in [1.807, 2.05) is 6.07 Å². The molecule has 1 aromatic carbocycles. The summed E-state index contributed by atoms with van der Waals surface area (Å²) in [5.41, 5.74) is 2.50. The van der Waals surface area contributed by atoms with Crippen LogP contribution in [-0.4, -0.2) is 19.2 Å². The fraction of sp³-hybridized carbons (Fsp3) is 0.455. The Bertz CT molecular complexity index is 413. The molecule has 0 aliphatic carbocycles. The molecule has 0 amide bonds. The van der Waals surface area contributed by atoms with E-state index >= 15 is 0 Å². The van der Waals surface area contributed by atoms with Crippen molar-refractivity contribution in [3.63, 3.8) is 0 Å². The van der Waals surface area contributed by atoms with Gasteiger partial charge in [-0.3, -0.25) is 0 Å². The Morgan fingerprint density at radius 2 is 2.19 bits per heavy atom. The topological polar surface area (TPSA) is 21.3 Å². The minimum Gasteiger partial charge on any atom is -0.371 e. The lowest BCUT2D eigenvalue weighted by atomic mass is 9.90. The highest BCUT2D eigenvalue weighted by atomic mass is 79.9. The number of nitrogens with one attached hydrogen (secondary N) is 1. The van der Waals surface area contributed by atoms with Crippen LogP contribution in [0.5, 0.6) is 0 Å². The van der Waals surface area contributed by atoms with Crippen LogP contribution in [0, 0.1) is 0 Å². The summed E-state index contributed by atoms with van der Waals surface area (Å²) in [7, 11) is 0. The zero-order valence-electron chi connectivity index (χ0n) is 8.50. The largest absolute Gasteiger partial charge is 0.371 e. The van der Waals surface area contributed by atoms with Gasteiger partial charge in [0.15, 0.2) is 0 Å². The van der Waals surface area contributed by atoms with Crippen molar-refractivity contribution in [2.24, 2.45) is 0 Å². The number of halogens is 3. The quantitative estimate of drug-likeness (QED) is 0.791. The van der Waals surface area contributed by atoms with Crippen LogP contribution in [0.25, 0.3) is 0 Å². The monoisotopic (exact) mass is 323 g/mol. The Kier molecular flexibility index (Phi) is 3.82. The molecule has 5 heteroatoms. The van der Waals surface area contributed by atoms with E-state index in [-0.39, 0.29) is 12.4 Å². The van der Waals surface area contributed by atoms with Gasteiger partial charge >= 0.3 is 0 Å². The first-order chi connectivity index (χ1) is 7.27. The molecule has 0 saturated carbocycles. The number of hydrogen-bond acceptors (Lipinski definition) is 2. The molecule has 0 bridgehead atoms. The van der Waals surface area contributed by atoms with E-state index in [9.17, 15) is 0 Å². The molecule has 1 fully saturated rings. The normalized spacial score (nSPS) is 26.9. The van der Waals surface area contributed by atoms with E-state index in [4.69, 9.17) is 16.3 Å². The second-order valence-corrected chi connectivity index (χ2v) is 5.28. The molecule has 88 valence electrons. The van der Waals surface area contributed by atoms with Crippen molar-refractivity contribution in [1.29, 1.82) is 0 Å². The number of rotatable bonds is 0. The minimum atomic E-state index is 0. The Balaban J connectivity index is 0.000000963. The van der Waals surface area contributed by atoms with Crippen molar-refractivity contribution in [2.45, 2.75) is 18.6 Å². The van der Waals surface area contributed by atoms with Crippen LogP contribution in [0.2, 0.25) is 5.02 Å². The van der Waals surface area contributed by atoms with Crippen molar-refractivity contribution in [1.82, 2.24) is 5.32 Å². The standard InChI is InChI=1S/C11H11BrClNO.ClH/c12-9-2-1-6-7-3-14-4-10(7)15-5-8(6)11(9)13;/h1-2,7,10,14H,3-5H2;1H/t7-,10-;/m1./s1. The highest BCUT2D eigenvalue weighted by Crippen LogP contribution is 2.39. The maximum absolute atomic E-state index is 6.25. The molecule has 1 N–H and O–H groups in total. The molecule has 0 radical (unpaired) electrons. The van der Waals surface area contributed by atoms with E-state index in [1.54, 1.807) is 0 Å². The van der Waals surface area contributed by atoms with Crippen LogP contribution < -0.4 is 5.32 Å². The molecule has 0 aromatic heterocycles. The molecule has 0 unspecified atom stereocenters. The number of benzene rings is 1. The van der Waals surface area contributed by atoms with Gasteiger partial charge in [0.05, 0.1) is 17.7 Å². The van der Waals surface area contributed by atoms with Crippen molar-refractivity contribution >= 4 is 39.9 Å². The zero-order chi connectivity index (χ0) is 10.4. The fourth-order valence-electron chi connectivity index (χ4n) is 2.43. The highest BCUT2D eigenvalue weighted by Gasteiger charge is 2.35. The van der Waals surface area contributed by atoms with E-state index < -0.39 is 0 Å². The van der Waals surface area contributed by atoms with Gasteiger partial charge in [-0.1, -0.05) is 17.7 Å². The smallest absolute Gasteiger partial charge is 0.0784 e. The molecule has 0 spiro atoms. The SMILES string of the molecule is Cl.Clc1c(Br)ccc2c1CO[C@@H]1CNC[C@H]21. The van der Waals surface area contributed by atoms with Gasteiger partial charge in [0, 0.05) is 29.0 Å². The van der Waals surface area contributed by atoms with Crippen LogP contribution in [0.15, 0.2) is 16.6 Å². The molecule has 2 aliphatic rings. The van der Waals surface area contributed by atoms with Gasteiger partial charge in [-0.05, 0) is 27.6 Å². The highest BCUT2D eigenvalue weighted by molar-refractivity contribution is 9.10. The molecular weight excluding hydrogens is 313 g/mol. The molecule has 1 aromatic rings. The fourth-order valence-corrected chi connectivity index (χ4v) is 3.03. The van der Waals surface area contributed by atoms with Gasteiger partial charge < -0.3 is 10.1 Å². The van der Waals surface area contributed by atoms with Crippen LogP contribution in [0.4, 0.5) is 0 Å². The average molecular weight is 325 g/mol. The van der Waals surface area contributed by atoms with Gasteiger partial charge in [-0.2, -0.15) is 0 Å². The van der Waals surface area contributed by atoms with E-state index in [0.29, 0.717) is 18.6 Å². The van der Waals surface area contributed by atoms with Gasteiger partial charge in [-0.15, -0.1) is 12.4 Å². The minimum absolute atomic E-state index is 0. The van der Waals surface area contributed by atoms with E-state index in [0.717, 1.165) is 28.1 Å². The van der Waals surface area contributed by atoms with Gasteiger partial charge in [0.25, 0.3) is 0 Å². The van der Waals surface area contributed by atoms with Crippen molar-refractivity contribution in [3.05, 3.63) is 32.8 Å². The second-order valence-electron chi connectivity index (χ2n) is 4.04. The second kappa shape index (κ2) is 4.83. The molecule has 2 aliphatic heterocycles. The summed E-state index contributed by atoms with van der Waals surface area (Å²) in [5.74, 6) is 0.472. The van der Waals surface area contributed by atoms with E-state index in [1.165, 1.54) is 5.56 Å². The third-order valence-electron chi connectivity index (χ3n) is 3.23. The molecular formula is C11H12BrCl2NO. The summed E-state index contributed by atoms with van der Waals surface area (Å²) in [6.07, 6.45) is 0.328. The van der Waals surface area contributed by atoms with Gasteiger partial charge in [-0.25, -0.2) is 0 Å². The van der Waals surface area contributed by atoms with Crippen LogP contribution in [-0.2, 0) is 11.3 Å². The summed E-state index contributed by atoms with van der Waals surface area (Å²) in [5, 5.41) is 4.16. The lowest BCUT2D eigenvalue weighted by Crippen LogP contribution is -2.27. The number of hydrogen-bond donors (Lipinski definition) is 1. The number of fused-ring (bicyclic) bond motifs is 3. The summed E-state index contributed by atoms with van der Waals surface area (Å²) >= 11 is 9.70.